The lowest BCUT2D eigenvalue weighted by molar-refractivity contribution is 0.195. The first-order valence-electron chi connectivity index (χ1n) is 5.44. The van der Waals surface area contributed by atoms with Crippen LogP contribution in [0, 0.1) is 13.8 Å². The van der Waals surface area contributed by atoms with Gasteiger partial charge in [0.2, 0.25) is 0 Å². The van der Waals surface area contributed by atoms with Gasteiger partial charge >= 0.3 is 6.09 Å². The van der Waals surface area contributed by atoms with Gasteiger partial charge in [-0.2, -0.15) is 0 Å². The van der Waals surface area contributed by atoms with Crippen LogP contribution in [-0.2, 0) is 0 Å². The van der Waals surface area contributed by atoms with Crippen LogP contribution in [0.3, 0.4) is 0 Å². The number of nitrogens with zero attached hydrogens (tertiary/aromatic N) is 1. The van der Waals surface area contributed by atoms with E-state index in [4.69, 9.17) is 0 Å². The Labute approximate surface area is 111 Å². The summed E-state index contributed by atoms with van der Waals surface area (Å²) in [4.78, 5) is 12.8. The predicted molar refractivity (Wildman–Crippen MR) is 73.9 cm³/mol. The normalized spacial score (nSPS) is 11.4. The fraction of sp³-hybridized carbons (Fsp3) is 0.462. The van der Waals surface area contributed by atoms with Crippen LogP contribution >= 0.6 is 15.9 Å². The first-order chi connectivity index (χ1) is 7.64. The molecule has 4 heteroatoms. The highest BCUT2D eigenvalue weighted by Gasteiger charge is 2.29. The van der Waals surface area contributed by atoms with Crippen LogP contribution in [0.25, 0.3) is 0 Å². The largest absolute Gasteiger partial charge is 0.465 e. The van der Waals surface area contributed by atoms with Gasteiger partial charge in [-0.15, -0.1) is 0 Å². The van der Waals surface area contributed by atoms with Gasteiger partial charge < -0.3 is 5.11 Å². The number of halogens is 1. The lowest BCUT2D eigenvalue weighted by Gasteiger charge is -2.34. The van der Waals surface area contributed by atoms with E-state index in [1.165, 1.54) is 4.90 Å². The van der Waals surface area contributed by atoms with Crippen molar-refractivity contribution in [3.63, 3.8) is 0 Å². The van der Waals surface area contributed by atoms with E-state index in [9.17, 15) is 9.90 Å². The molecule has 1 rings (SSSR count). The Morgan fingerprint density at radius 2 is 1.71 bits per heavy atom. The summed E-state index contributed by atoms with van der Waals surface area (Å²) in [7, 11) is 0. The number of benzene rings is 1. The average molecular weight is 300 g/mol. The zero-order chi connectivity index (χ0) is 13.4. The maximum Gasteiger partial charge on any atom is 0.412 e. The molecule has 1 aromatic carbocycles. The Bertz CT molecular complexity index is 449. The van der Waals surface area contributed by atoms with Gasteiger partial charge in [-0.25, -0.2) is 4.79 Å². The number of amides is 1. The van der Waals surface area contributed by atoms with Crippen LogP contribution in [0.1, 0.15) is 31.9 Å². The van der Waals surface area contributed by atoms with Gasteiger partial charge in [-0.05, 0) is 73.8 Å². The van der Waals surface area contributed by atoms with Gasteiger partial charge in [0.15, 0.2) is 0 Å². The van der Waals surface area contributed by atoms with Crippen molar-refractivity contribution in [2.75, 3.05) is 4.90 Å². The number of hydrogen-bond acceptors (Lipinski definition) is 1. The second-order valence-corrected chi connectivity index (χ2v) is 6.03. The van der Waals surface area contributed by atoms with Crippen molar-refractivity contribution in [3.8, 4) is 0 Å². The van der Waals surface area contributed by atoms with Crippen molar-refractivity contribution in [3.05, 3.63) is 27.7 Å². The SMILES string of the molecule is Cc1cc(Br)c(N(C(=O)O)C(C)(C)C)cc1C. The van der Waals surface area contributed by atoms with Crippen LogP contribution in [0.5, 0.6) is 0 Å². The second-order valence-electron chi connectivity index (χ2n) is 5.18. The number of rotatable bonds is 1. The Kier molecular flexibility index (Phi) is 3.87. The van der Waals surface area contributed by atoms with E-state index in [0.29, 0.717) is 5.69 Å². The Balaban J connectivity index is 3.39. The quantitative estimate of drug-likeness (QED) is 0.837. The molecular formula is C13H18BrNO2. The topological polar surface area (TPSA) is 40.5 Å². The zero-order valence-corrected chi connectivity index (χ0v) is 12.4. The maximum atomic E-state index is 11.4. The van der Waals surface area contributed by atoms with Gasteiger partial charge in [-0.1, -0.05) is 0 Å². The molecule has 0 aromatic heterocycles. The summed E-state index contributed by atoms with van der Waals surface area (Å²) < 4.78 is 0.804. The molecule has 0 fully saturated rings. The molecule has 1 amide bonds. The number of carbonyl (C=O) groups is 1. The third kappa shape index (κ3) is 3.00. The molecule has 17 heavy (non-hydrogen) atoms. The van der Waals surface area contributed by atoms with Crippen LogP contribution in [0.4, 0.5) is 10.5 Å². The molecule has 94 valence electrons. The van der Waals surface area contributed by atoms with Gasteiger partial charge in [-0.3, -0.25) is 4.90 Å². The van der Waals surface area contributed by atoms with Crippen molar-refractivity contribution >= 4 is 27.7 Å². The number of anilines is 1. The van der Waals surface area contributed by atoms with Crippen LogP contribution in [0.2, 0.25) is 0 Å². The summed E-state index contributed by atoms with van der Waals surface area (Å²) in [5.74, 6) is 0. The number of aryl methyl sites for hydroxylation is 2. The molecule has 0 aliphatic heterocycles. The van der Waals surface area contributed by atoms with E-state index >= 15 is 0 Å². The zero-order valence-electron chi connectivity index (χ0n) is 10.8. The average Bonchev–Trinajstić information content (AvgIpc) is 2.11. The Hall–Kier alpha value is -1.03. The molecule has 0 unspecified atom stereocenters. The summed E-state index contributed by atoms with van der Waals surface area (Å²) >= 11 is 3.44. The lowest BCUT2D eigenvalue weighted by atomic mass is 10.0. The minimum absolute atomic E-state index is 0.476. The molecule has 0 aliphatic carbocycles. The summed E-state index contributed by atoms with van der Waals surface area (Å²) in [6.45, 7) is 9.62. The van der Waals surface area contributed by atoms with Gasteiger partial charge in [0.05, 0.1) is 5.69 Å². The molecule has 0 saturated heterocycles. The van der Waals surface area contributed by atoms with Gasteiger partial charge in [0.1, 0.15) is 0 Å². The predicted octanol–water partition coefficient (Wildman–Crippen LogP) is 4.35. The highest BCUT2D eigenvalue weighted by atomic mass is 79.9. The van der Waals surface area contributed by atoms with E-state index in [1.807, 2.05) is 46.8 Å². The molecule has 0 aliphatic rings. The first-order valence-corrected chi connectivity index (χ1v) is 6.24. The molecule has 0 heterocycles. The third-order valence-electron chi connectivity index (χ3n) is 2.67. The second kappa shape index (κ2) is 4.69. The molecule has 0 radical (unpaired) electrons. The summed E-state index contributed by atoms with van der Waals surface area (Å²) in [6.07, 6.45) is -0.943. The van der Waals surface area contributed by atoms with Gasteiger partial charge in [0.25, 0.3) is 0 Å². The van der Waals surface area contributed by atoms with Crippen molar-refractivity contribution in [1.29, 1.82) is 0 Å². The van der Waals surface area contributed by atoms with Crippen molar-refractivity contribution in [1.82, 2.24) is 0 Å². The Morgan fingerprint density at radius 1 is 1.24 bits per heavy atom. The first kappa shape index (κ1) is 14.0. The van der Waals surface area contributed by atoms with E-state index in [2.05, 4.69) is 15.9 Å². The molecule has 0 atom stereocenters. The highest BCUT2D eigenvalue weighted by Crippen LogP contribution is 2.33. The molecule has 3 nitrogen and oxygen atoms in total. The fourth-order valence-electron chi connectivity index (χ4n) is 1.69. The standard InChI is InChI=1S/C13H18BrNO2/c1-8-6-10(14)11(7-9(8)2)15(12(16)17)13(3,4)5/h6-7H,1-5H3,(H,16,17). The van der Waals surface area contributed by atoms with Crippen molar-refractivity contribution in [2.24, 2.45) is 0 Å². The van der Waals surface area contributed by atoms with Crippen molar-refractivity contribution < 1.29 is 9.90 Å². The van der Waals surface area contributed by atoms with E-state index < -0.39 is 11.6 Å². The van der Waals surface area contributed by atoms with Crippen LogP contribution in [0.15, 0.2) is 16.6 Å². The molecule has 1 aromatic rings. The van der Waals surface area contributed by atoms with E-state index in [1.54, 1.807) is 0 Å². The highest BCUT2D eigenvalue weighted by molar-refractivity contribution is 9.10. The monoisotopic (exact) mass is 299 g/mol. The molecule has 1 N–H and O–H groups in total. The van der Waals surface area contributed by atoms with E-state index in [0.717, 1.165) is 15.6 Å². The van der Waals surface area contributed by atoms with Crippen LogP contribution < -0.4 is 4.90 Å². The van der Waals surface area contributed by atoms with Gasteiger partial charge in [0, 0.05) is 10.0 Å². The Morgan fingerprint density at radius 3 is 2.12 bits per heavy atom. The number of hydrogen-bond donors (Lipinski definition) is 1. The summed E-state index contributed by atoms with van der Waals surface area (Å²) in [5, 5.41) is 9.35. The van der Waals surface area contributed by atoms with Crippen LogP contribution in [-0.4, -0.2) is 16.7 Å². The molecule has 0 saturated carbocycles. The lowest BCUT2D eigenvalue weighted by Crippen LogP contribution is -2.45. The van der Waals surface area contributed by atoms with Crippen molar-refractivity contribution in [2.45, 2.75) is 40.2 Å². The number of carboxylic acid groups (broad SMARTS) is 1. The summed E-state index contributed by atoms with van der Waals surface area (Å²) in [6, 6.07) is 3.85. The fourth-order valence-corrected chi connectivity index (χ4v) is 2.32. The molecular weight excluding hydrogens is 282 g/mol. The molecule has 0 bridgehead atoms. The smallest absolute Gasteiger partial charge is 0.412 e. The third-order valence-corrected chi connectivity index (χ3v) is 3.30. The minimum atomic E-state index is -0.943. The summed E-state index contributed by atoms with van der Waals surface area (Å²) in [5.41, 5.74) is 2.43. The van der Waals surface area contributed by atoms with E-state index in [-0.39, 0.29) is 0 Å². The maximum absolute atomic E-state index is 11.4. The molecule has 0 spiro atoms. The minimum Gasteiger partial charge on any atom is -0.465 e.